The molecule has 0 saturated heterocycles. The molecule has 0 amide bonds. The number of nitrogens with one attached hydrogen (secondary N) is 3. The lowest BCUT2D eigenvalue weighted by Gasteiger charge is -2.12. The number of fused-ring (bicyclic) bond motifs is 1. The molecule has 0 fully saturated rings. The second-order valence-corrected chi connectivity index (χ2v) is 6.04. The highest BCUT2D eigenvalue weighted by atomic mass is 19.4. The highest BCUT2D eigenvalue weighted by Gasteiger charge is 2.33. The van der Waals surface area contributed by atoms with Crippen LogP contribution in [0.15, 0.2) is 48.8 Å². The largest absolute Gasteiger partial charge is 0.433 e. The monoisotopic (exact) mass is 403 g/mol. The first-order valence-electron chi connectivity index (χ1n) is 8.27. The van der Waals surface area contributed by atoms with Gasteiger partial charge in [0, 0.05) is 29.5 Å². The summed E-state index contributed by atoms with van der Waals surface area (Å²) in [5, 5.41) is 6.36. The van der Waals surface area contributed by atoms with Crippen molar-refractivity contribution < 1.29 is 17.6 Å². The van der Waals surface area contributed by atoms with E-state index in [1.165, 1.54) is 12.1 Å². The van der Waals surface area contributed by atoms with Gasteiger partial charge in [0.1, 0.15) is 17.3 Å². The summed E-state index contributed by atoms with van der Waals surface area (Å²) in [7, 11) is 0. The molecule has 0 bridgehead atoms. The van der Waals surface area contributed by atoms with Crippen molar-refractivity contribution in [3.63, 3.8) is 0 Å². The van der Waals surface area contributed by atoms with Crippen LogP contribution in [0.2, 0.25) is 0 Å². The molecule has 0 spiro atoms. The van der Waals surface area contributed by atoms with Crippen LogP contribution >= 0.6 is 0 Å². The molecule has 5 N–H and O–H groups in total. The minimum Gasteiger partial charge on any atom is -0.368 e. The van der Waals surface area contributed by atoms with Gasteiger partial charge in [0.05, 0.1) is 11.4 Å². The Labute approximate surface area is 161 Å². The fourth-order valence-electron chi connectivity index (χ4n) is 2.73. The molecule has 0 atom stereocenters. The van der Waals surface area contributed by atoms with Gasteiger partial charge in [0.25, 0.3) is 0 Å². The average Bonchev–Trinajstić information content (AvgIpc) is 3.12. The third-order valence-corrected chi connectivity index (χ3v) is 4.00. The lowest BCUT2D eigenvalue weighted by Crippen LogP contribution is -2.12. The van der Waals surface area contributed by atoms with Gasteiger partial charge in [-0.05, 0) is 30.3 Å². The molecule has 3 aromatic heterocycles. The molecule has 0 aliphatic rings. The third kappa shape index (κ3) is 3.88. The standard InChI is InChI=1S/C18H13F4N7/c19-11-7-9(26-15-8-14(18(20,21)22)28-17(23)29-15)1-2-13(11)27-12-4-6-25-16-10(12)3-5-24-16/h1-8H,(H2,24,25,27)(H3,23,26,28,29). The van der Waals surface area contributed by atoms with E-state index in [2.05, 4.69) is 30.6 Å². The van der Waals surface area contributed by atoms with Gasteiger partial charge in [-0.25, -0.2) is 14.4 Å². The van der Waals surface area contributed by atoms with Crippen LogP contribution in [0.4, 0.5) is 46.4 Å². The van der Waals surface area contributed by atoms with E-state index in [1.807, 2.05) is 0 Å². The van der Waals surface area contributed by atoms with E-state index in [0.29, 0.717) is 17.4 Å². The molecular weight excluding hydrogens is 390 g/mol. The maximum Gasteiger partial charge on any atom is 0.433 e. The third-order valence-electron chi connectivity index (χ3n) is 4.00. The van der Waals surface area contributed by atoms with E-state index in [-0.39, 0.29) is 17.2 Å². The molecule has 0 aliphatic heterocycles. The fourth-order valence-corrected chi connectivity index (χ4v) is 2.73. The molecular formula is C18H13F4N7. The SMILES string of the molecule is Nc1nc(Nc2ccc(Nc3ccnc4[nH]ccc34)c(F)c2)cc(C(F)(F)F)n1. The number of alkyl halides is 3. The van der Waals surface area contributed by atoms with Gasteiger partial charge in [-0.1, -0.05) is 0 Å². The summed E-state index contributed by atoms with van der Waals surface area (Å²) in [5.74, 6) is -1.36. The summed E-state index contributed by atoms with van der Waals surface area (Å²) in [6.45, 7) is 0. The number of aromatic nitrogens is 4. The van der Waals surface area contributed by atoms with Crippen molar-refractivity contribution in [3.05, 3.63) is 60.3 Å². The zero-order valence-electron chi connectivity index (χ0n) is 14.5. The van der Waals surface area contributed by atoms with E-state index in [9.17, 15) is 17.6 Å². The van der Waals surface area contributed by atoms with Crippen LogP contribution in [0, 0.1) is 5.82 Å². The first kappa shape index (κ1) is 18.5. The van der Waals surface area contributed by atoms with Crippen LogP contribution in [-0.2, 0) is 6.18 Å². The Kier molecular flexibility index (Phi) is 4.41. The van der Waals surface area contributed by atoms with Gasteiger partial charge in [0.2, 0.25) is 5.95 Å². The molecule has 4 aromatic rings. The Morgan fingerprint density at radius 1 is 0.966 bits per heavy atom. The van der Waals surface area contributed by atoms with Crippen LogP contribution in [-0.4, -0.2) is 19.9 Å². The maximum atomic E-state index is 14.5. The first-order chi connectivity index (χ1) is 13.8. The van der Waals surface area contributed by atoms with Crippen molar-refractivity contribution in [1.82, 2.24) is 19.9 Å². The molecule has 11 heteroatoms. The van der Waals surface area contributed by atoms with E-state index < -0.39 is 23.6 Å². The maximum absolute atomic E-state index is 14.5. The van der Waals surface area contributed by atoms with Gasteiger partial charge >= 0.3 is 6.18 Å². The second kappa shape index (κ2) is 6.93. The number of hydrogen-bond acceptors (Lipinski definition) is 6. The van der Waals surface area contributed by atoms with Crippen molar-refractivity contribution in [2.45, 2.75) is 6.18 Å². The topological polar surface area (TPSA) is 105 Å². The summed E-state index contributed by atoms with van der Waals surface area (Å²) < 4.78 is 53.1. The minimum atomic E-state index is -4.68. The highest BCUT2D eigenvalue weighted by molar-refractivity contribution is 5.91. The number of halogens is 4. The molecule has 4 rings (SSSR count). The van der Waals surface area contributed by atoms with Crippen molar-refractivity contribution in [2.75, 3.05) is 16.4 Å². The molecule has 0 unspecified atom stereocenters. The van der Waals surface area contributed by atoms with E-state index >= 15 is 0 Å². The van der Waals surface area contributed by atoms with Crippen LogP contribution in [0.1, 0.15) is 5.69 Å². The molecule has 1 aromatic carbocycles. The number of rotatable bonds is 4. The van der Waals surface area contributed by atoms with Gasteiger partial charge in [-0.3, -0.25) is 0 Å². The molecule has 0 saturated carbocycles. The number of nitrogen functional groups attached to an aromatic ring is 1. The number of pyridine rings is 1. The van der Waals surface area contributed by atoms with Gasteiger partial charge in [0.15, 0.2) is 5.69 Å². The zero-order chi connectivity index (χ0) is 20.6. The first-order valence-corrected chi connectivity index (χ1v) is 8.27. The predicted octanol–water partition coefficient (Wildman–Crippen LogP) is 4.58. The zero-order valence-corrected chi connectivity index (χ0v) is 14.5. The molecule has 148 valence electrons. The quantitative estimate of drug-likeness (QED) is 0.372. The second-order valence-electron chi connectivity index (χ2n) is 6.04. The van der Waals surface area contributed by atoms with E-state index in [1.54, 1.807) is 24.5 Å². The average molecular weight is 403 g/mol. The number of nitrogens with two attached hydrogens (primary N) is 1. The molecule has 0 aliphatic carbocycles. The van der Waals surface area contributed by atoms with E-state index in [4.69, 9.17) is 5.73 Å². The molecule has 29 heavy (non-hydrogen) atoms. The minimum absolute atomic E-state index is 0.183. The Bertz CT molecular complexity index is 1190. The predicted molar refractivity (Wildman–Crippen MR) is 101 cm³/mol. The Morgan fingerprint density at radius 3 is 2.55 bits per heavy atom. The number of benzene rings is 1. The molecule has 7 nitrogen and oxygen atoms in total. The van der Waals surface area contributed by atoms with Crippen molar-refractivity contribution in [1.29, 1.82) is 0 Å². The smallest absolute Gasteiger partial charge is 0.368 e. The Balaban J connectivity index is 1.58. The number of H-pyrrole nitrogens is 1. The fraction of sp³-hybridized carbons (Fsp3) is 0.0556. The van der Waals surface area contributed by atoms with Gasteiger partial charge < -0.3 is 21.4 Å². The summed E-state index contributed by atoms with van der Waals surface area (Å²) in [6, 6.07) is 8.27. The number of nitrogens with zero attached hydrogens (tertiary/aromatic N) is 3. The Hall–Kier alpha value is -3.89. The van der Waals surface area contributed by atoms with Crippen LogP contribution < -0.4 is 16.4 Å². The van der Waals surface area contributed by atoms with Crippen LogP contribution in [0.25, 0.3) is 11.0 Å². The van der Waals surface area contributed by atoms with Crippen LogP contribution in [0.5, 0.6) is 0 Å². The van der Waals surface area contributed by atoms with Crippen molar-refractivity contribution in [3.8, 4) is 0 Å². The van der Waals surface area contributed by atoms with Crippen molar-refractivity contribution in [2.24, 2.45) is 0 Å². The lowest BCUT2D eigenvalue weighted by molar-refractivity contribution is -0.141. The van der Waals surface area contributed by atoms with Crippen molar-refractivity contribution >= 4 is 39.9 Å². The molecule has 0 radical (unpaired) electrons. The van der Waals surface area contributed by atoms with E-state index in [0.717, 1.165) is 11.5 Å². The molecule has 3 heterocycles. The van der Waals surface area contributed by atoms with Gasteiger partial charge in [-0.2, -0.15) is 18.2 Å². The number of hydrogen-bond donors (Lipinski definition) is 4. The van der Waals surface area contributed by atoms with Gasteiger partial charge in [-0.15, -0.1) is 0 Å². The summed E-state index contributed by atoms with van der Waals surface area (Å²) in [6.07, 6.45) is -1.39. The number of aromatic amines is 1. The summed E-state index contributed by atoms with van der Waals surface area (Å²) in [5.41, 5.74) is 5.81. The summed E-state index contributed by atoms with van der Waals surface area (Å²) in [4.78, 5) is 14.0. The number of anilines is 5. The lowest BCUT2D eigenvalue weighted by atomic mass is 10.2. The highest BCUT2D eigenvalue weighted by Crippen LogP contribution is 2.31. The Morgan fingerprint density at radius 2 is 1.79 bits per heavy atom. The van der Waals surface area contributed by atoms with Crippen LogP contribution in [0.3, 0.4) is 0 Å². The normalized spacial score (nSPS) is 11.6. The summed E-state index contributed by atoms with van der Waals surface area (Å²) >= 11 is 0.